The molecule has 0 aliphatic rings. The maximum Gasteiger partial charge on any atom is 0.251 e. The van der Waals surface area contributed by atoms with E-state index in [1.54, 1.807) is 25.3 Å². The number of methoxy groups -OCH3 is 2. The zero-order valence-corrected chi connectivity index (χ0v) is 17.7. The number of carbonyl (C=O) groups excluding carboxylic acids is 2. The Morgan fingerprint density at radius 3 is 2.38 bits per heavy atom. The molecule has 1 N–H and O–H groups in total. The third kappa shape index (κ3) is 5.21. The summed E-state index contributed by atoms with van der Waals surface area (Å²) in [5, 5.41) is 2.72. The van der Waals surface area contributed by atoms with Gasteiger partial charge in [-0.1, -0.05) is 12.1 Å². The Balaban J connectivity index is 1.78. The Morgan fingerprint density at radius 2 is 1.72 bits per heavy atom. The molecule has 2 aromatic carbocycles. The Labute approximate surface area is 184 Å². The zero-order valence-electron chi connectivity index (χ0n) is 17.7. The van der Waals surface area contributed by atoms with Crippen LogP contribution in [0.3, 0.4) is 0 Å². The predicted molar refractivity (Wildman–Crippen MR) is 117 cm³/mol. The summed E-state index contributed by atoms with van der Waals surface area (Å²) in [5.41, 5.74) is 0.520. The molecule has 0 fully saturated rings. The number of rotatable bonds is 9. The Hall–Kier alpha value is -3.94. The van der Waals surface area contributed by atoms with Crippen LogP contribution in [0.2, 0.25) is 0 Å². The molecule has 1 heterocycles. The number of nitrogens with one attached hydrogen (secondary N) is 1. The van der Waals surface area contributed by atoms with E-state index < -0.39 is 29.1 Å². The molecule has 0 radical (unpaired) electrons. The highest BCUT2D eigenvalue weighted by molar-refractivity contribution is 6.11. The van der Waals surface area contributed by atoms with Crippen molar-refractivity contribution >= 4 is 11.7 Å². The lowest BCUT2D eigenvalue weighted by molar-refractivity contribution is -0.123. The summed E-state index contributed by atoms with van der Waals surface area (Å²) in [4.78, 5) is 38.4. The fourth-order valence-electron chi connectivity index (χ4n) is 3.26. The molecule has 0 saturated carbocycles. The van der Waals surface area contributed by atoms with Gasteiger partial charge in [0.05, 0.1) is 14.2 Å². The van der Waals surface area contributed by atoms with Gasteiger partial charge in [-0.05, 0) is 54.4 Å². The largest absolute Gasteiger partial charge is 0.493 e. The van der Waals surface area contributed by atoms with E-state index in [1.165, 1.54) is 37.6 Å². The van der Waals surface area contributed by atoms with Gasteiger partial charge in [0, 0.05) is 24.4 Å². The number of pyridine rings is 1. The van der Waals surface area contributed by atoms with Crippen molar-refractivity contribution in [3.8, 4) is 11.5 Å². The lowest BCUT2D eigenvalue weighted by Crippen LogP contribution is -2.41. The van der Waals surface area contributed by atoms with E-state index in [-0.39, 0.29) is 12.1 Å². The number of benzene rings is 2. The van der Waals surface area contributed by atoms with Gasteiger partial charge in [-0.3, -0.25) is 19.0 Å². The van der Waals surface area contributed by atoms with Crippen LogP contribution in [0.1, 0.15) is 22.0 Å². The van der Waals surface area contributed by atoms with Crippen LogP contribution in [0.4, 0.5) is 4.39 Å². The number of nitrogens with zero attached hydrogens (tertiary/aromatic N) is 1. The van der Waals surface area contributed by atoms with Gasteiger partial charge >= 0.3 is 0 Å². The normalized spacial score (nSPS) is 11.5. The number of halogens is 1. The second-order valence-corrected chi connectivity index (χ2v) is 6.95. The monoisotopic (exact) mass is 438 g/mol. The number of ketones is 1. The zero-order chi connectivity index (χ0) is 23.1. The van der Waals surface area contributed by atoms with Crippen molar-refractivity contribution in [2.75, 3.05) is 20.8 Å². The van der Waals surface area contributed by atoms with Crippen LogP contribution in [0.15, 0.2) is 71.7 Å². The van der Waals surface area contributed by atoms with Crippen LogP contribution in [0, 0.1) is 5.82 Å². The summed E-state index contributed by atoms with van der Waals surface area (Å²) in [6, 6.07) is 13.2. The first-order chi connectivity index (χ1) is 15.4. The summed E-state index contributed by atoms with van der Waals surface area (Å²) in [5.74, 6) is -0.588. The molecule has 0 spiro atoms. The van der Waals surface area contributed by atoms with Crippen molar-refractivity contribution < 1.29 is 23.5 Å². The Kier molecular flexibility index (Phi) is 7.38. The first-order valence-corrected chi connectivity index (χ1v) is 9.90. The molecule has 0 saturated heterocycles. The van der Waals surface area contributed by atoms with Crippen molar-refractivity contribution in [3.63, 3.8) is 0 Å². The van der Waals surface area contributed by atoms with Gasteiger partial charge in [-0.15, -0.1) is 0 Å². The quantitative estimate of drug-likeness (QED) is 0.410. The first kappa shape index (κ1) is 22.7. The lowest BCUT2D eigenvalue weighted by atomic mass is 10.0. The second-order valence-electron chi connectivity index (χ2n) is 6.95. The van der Waals surface area contributed by atoms with Gasteiger partial charge in [-0.25, -0.2) is 4.39 Å². The maximum atomic E-state index is 13.3. The van der Waals surface area contributed by atoms with Crippen LogP contribution in [-0.4, -0.2) is 37.0 Å². The third-order valence-electron chi connectivity index (χ3n) is 4.92. The number of Topliss-reactive ketones (excluding diaryl/α,β-unsaturated/α-hetero) is 1. The molecule has 1 aromatic heterocycles. The molecular weight excluding hydrogens is 415 g/mol. The van der Waals surface area contributed by atoms with Crippen molar-refractivity contribution in [2.45, 2.75) is 12.5 Å². The minimum atomic E-state index is -1.42. The molecule has 3 rings (SSSR count). The lowest BCUT2D eigenvalue weighted by Gasteiger charge is -2.18. The summed E-state index contributed by atoms with van der Waals surface area (Å²) < 4.78 is 24.8. The second kappa shape index (κ2) is 10.4. The van der Waals surface area contributed by atoms with Crippen molar-refractivity contribution in [2.24, 2.45) is 0 Å². The van der Waals surface area contributed by atoms with Crippen LogP contribution < -0.4 is 20.3 Å². The fourth-order valence-corrected chi connectivity index (χ4v) is 3.26. The smallest absolute Gasteiger partial charge is 0.251 e. The molecule has 32 heavy (non-hydrogen) atoms. The minimum absolute atomic E-state index is 0.127. The SMILES string of the molecule is COc1ccc(CCNC(=O)[C@@H](C(=O)c2ccc(F)cc2)n2ccccc2=O)cc1OC. The highest BCUT2D eigenvalue weighted by Gasteiger charge is 2.29. The van der Waals surface area contributed by atoms with Crippen molar-refractivity contribution in [1.29, 1.82) is 0 Å². The van der Waals surface area contributed by atoms with E-state index >= 15 is 0 Å². The third-order valence-corrected chi connectivity index (χ3v) is 4.92. The van der Waals surface area contributed by atoms with E-state index in [9.17, 15) is 18.8 Å². The van der Waals surface area contributed by atoms with E-state index in [4.69, 9.17) is 9.47 Å². The van der Waals surface area contributed by atoms with Gasteiger partial charge in [0.25, 0.3) is 11.5 Å². The number of amides is 1. The van der Waals surface area contributed by atoms with E-state index in [2.05, 4.69) is 5.32 Å². The average Bonchev–Trinajstić information content (AvgIpc) is 2.80. The molecule has 1 amide bonds. The number of ether oxygens (including phenoxy) is 2. The number of aromatic nitrogens is 1. The molecule has 0 unspecified atom stereocenters. The Morgan fingerprint density at radius 1 is 1.00 bits per heavy atom. The predicted octanol–water partition coefficient (Wildman–Crippen LogP) is 2.79. The summed E-state index contributed by atoms with van der Waals surface area (Å²) >= 11 is 0. The van der Waals surface area contributed by atoms with Gasteiger partial charge in [0.1, 0.15) is 5.82 Å². The number of hydrogen-bond acceptors (Lipinski definition) is 5. The van der Waals surface area contributed by atoms with Crippen LogP contribution in [0.5, 0.6) is 11.5 Å². The van der Waals surface area contributed by atoms with E-state index in [0.29, 0.717) is 17.9 Å². The molecule has 0 aliphatic heterocycles. The average molecular weight is 438 g/mol. The standard InChI is InChI=1S/C24H23FN2O5/c1-31-19-11-6-16(15-20(19)32-2)12-13-26-24(30)22(27-14-4-3-5-21(27)28)23(29)17-7-9-18(25)10-8-17/h3-11,14-15,22H,12-13H2,1-2H3,(H,26,30)/t22-/m1/s1. The maximum absolute atomic E-state index is 13.3. The highest BCUT2D eigenvalue weighted by Crippen LogP contribution is 2.27. The summed E-state index contributed by atoms with van der Waals surface area (Å²) in [6.07, 6.45) is 1.84. The fraction of sp³-hybridized carbons (Fsp3) is 0.208. The van der Waals surface area contributed by atoms with Crippen LogP contribution in [-0.2, 0) is 11.2 Å². The molecule has 1 atom stereocenters. The van der Waals surface area contributed by atoms with Crippen LogP contribution >= 0.6 is 0 Å². The van der Waals surface area contributed by atoms with Gasteiger partial charge < -0.3 is 14.8 Å². The molecule has 166 valence electrons. The van der Waals surface area contributed by atoms with E-state index in [1.807, 2.05) is 6.07 Å². The minimum Gasteiger partial charge on any atom is -0.493 e. The molecule has 3 aromatic rings. The van der Waals surface area contributed by atoms with Gasteiger partial charge in [0.15, 0.2) is 23.3 Å². The number of carbonyl (C=O) groups is 2. The summed E-state index contributed by atoms with van der Waals surface area (Å²) in [6.45, 7) is 0.225. The topological polar surface area (TPSA) is 86.6 Å². The highest BCUT2D eigenvalue weighted by atomic mass is 19.1. The molecule has 0 aliphatic carbocycles. The molecule has 0 bridgehead atoms. The molecular formula is C24H23FN2O5. The van der Waals surface area contributed by atoms with Crippen LogP contribution in [0.25, 0.3) is 0 Å². The van der Waals surface area contributed by atoms with Crippen molar-refractivity contribution in [3.05, 3.63) is 94.2 Å². The van der Waals surface area contributed by atoms with Gasteiger partial charge in [-0.2, -0.15) is 0 Å². The van der Waals surface area contributed by atoms with E-state index in [0.717, 1.165) is 22.3 Å². The number of hydrogen-bond donors (Lipinski definition) is 1. The molecule has 7 nitrogen and oxygen atoms in total. The van der Waals surface area contributed by atoms with Crippen molar-refractivity contribution in [1.82, 2.24) is 9.88 Å². The van der Waals surface area contributed by atoms with Gasteiger partial charge in [0.2, 0.25) is 0 Å². The Bertz CT molecular complexity index is 1160. The molecule has 8 heteroatoms. The first-order valence-electron chi connectivity index (χ1n) is 9.90. The summed E-state index contributed by atoms with van der Waals surface area (Å²) in [7, 11) is 3.08.